The minimum Gasteiger partial charge on any atom is -0.313 e. The maximum absolute atomic E-state index is 8.92. The standard InChI is InChI=1S/C10H18N2/c1-8-6-9(2,3)4-5-10(8,12)7-11/h8H,4-6,12H2,1-3H3. The average molecular weight is 166 g/mol. The predicted octanol–water partition coefficient (Wildman–Crippen LogP) is 2.05. The van der Waals surface area contributed by atoms with Crippen molar-refractivity contribution < 1.29 is 0 Å². The van der Waals surface area contributed by atoms with Crippen LogP contribution in [0.15, 0.2) is 0 Å². The number of nitriles is 1. The SMILES string of the molecule is CC1CC(C)(C)CCC1(N)C#N. The lowest BCUT2D eigenvalue weighted by Gasteiger charge is -2.42. The highest BCUT2D eigenvalue weighted by molar-refractivity contribution is 5.11. The number of hydrogen-bond acceptors (Lipinski definition) is 2. The monoisotopic (exact) mass is 166 g/mol. The Morgan fingerprint density at radius 2 is 2.00 bits per heavy atom. The van der Waals surface area contributed by atoms with Crippen LogP contribution in [0.2, 0.25) is 0 Å². The molecule has 0 bridgehead atoms. The molecule has 2 atom stereocenters. The van der Waals surface area contributed by atoms with Crippen LogP contribution in [0.3, 0.4) is 0 Å². The first-order valence-corrected chi connectivity index (χ1v) is 4.60. The number of nitrogens with zero attached hydrogens (tertiary/aromatic N) is 1. The molecule has 0 radical (unpaired) electrons. The molecule has 12 heavy (non-hydrogen) atoms. The molecule has 0 aromatic heterocycles. The van der Waals surface area contributed by atoms with Gasteiger partial charge in [0.1, 0.15) is 5.54 Å². The van der Waals surface area contributed by atoms with Crippen molar-refractivity contribution in [2.24, 2.45) is 17.1 Å². The lowest BCUT2D eigenvalue weighted by atomic mass is 9.65. The minimum absolute atomic E-state index is 0.325. The molecular formula is C10H18N2. The van der Waals surface area contributed by atoms with E-state index in [0.29, 0.717) is 11.3 Å². The van der Waals surface area contributed by atoms with Gasteiger partial charge in [-0.2, -0.15) is 5.26 Å². The number of nitrogens with two attached hydrogens (primary N) is 1. The van der Waals surface area contributed by atoms with Gasteiger partial charge in [0.15, 0.2) is 0 Å². The second-order valence-corrected chi connectivity index (χ2v) is 4.92. The van der Waals surface area contributed by atoms with Crippen LogP contribution in [0, 0.1) is 22.7 Å². The fourth-order valence-corrected chi connectivity index (χ4v) is 2.07. The van der Waals surface area contributed by atoms with Gasteiger partial charge in [-0.1, -0.05) is 20.8 Å². The van der Waals surface area contributed by atoms with Crippen LogP contribution in [0.4, 0.5) is 0 Å². The van der Waals surface area contributed by atoms with Crippen molar-refractivity contribution >= 4 is 0 Å². The third-order valence-electron chi connectivity index (χ3n) is 3.16. The van der Waals surface area contributed by atoms with Crippen LogP contribution in [-0.4, -0.2) is 5.54 Å². The minimum atomic E-state index is -0.560. The predicted molar refractivity (Wildman–Crippen MR) is 49.3 cm³/mol. The molecule has 0 aromatic rings. The fraction of sp³-hybridized carbons (Fsp3) is 0.900. The summed E-state index contributed by atoms with van der Waals surface area (Å²) in [5.74, 6) is 0.325. The third-order valence-corrected chi connectivity index (χ3v) is 3.16. The molecule has 2 heteroatoms. The highest BCUT2D eigenvalue weighted by Gasteiger charge is 2.41. The zero-order chi connectivity index (χ0) is 9.41. The molecule has 1 aliphatic rings. The van der Waals surface area contributed by atoms with Crippen LogP contribution in [-0.2, 0) is 0 Å². The summed E-state index contributed by atoms with van der Waals surface area (Å²) in [6, 6.07) is 2.25. The van der Waals surface area contributed by atoms with Crippen LogP contribution in [0.25, 0.3) is 0 Å². The summed E-state index contributed by atoms with van der Waals surface area (Å²) in [5, 5.41) is 8.92. The van der Waals surface area contributed by atoms with E-state index in [9.17, 15) is 0 Å². The normalized spacial score (nSPS) is 40.4. The van der Waals surface area contributed by atoms with E-state index >= 15 is 0 Å². The van der Waals surface area contributed by atoms with Crippen molar-refractivity contribution in [3.8, 4) is 6.07 Å². The van der Waals surface area contributed by atoms with E-state index in [1.54, 1.807) is 0 Å². The van der Waals surface area contributed by atoms with Gasteiger partial charge in [0.05, 0.1) is 6.07 Å². The van der Waals surface area contributed by atoms with Crippen LogP contribution < -0.4 is 5.73 Å². The molecule has 2 N–H and O–H groups in total. The summed E-state index contributed by atoms with van der Waals surface area (Å²) in [4.78, 5) is 0. The first-order valence-electron chi connectivity index (χ1n) is 4.60. The van der Waals surface area contributed by atoms with Crippen LogP contribution in [0.1, 0.15) is 40.0 Å². The molecular weight excluding hydrogens is 148 g/mol. The zero-order valence-electron chi connectivity index (χ0n) is 8.22. The lowest BCUT2D eigenvalue weighted by Crippen LogP contribution is -2.50. The average Bonchev–Trinajstić information content (AvgIpc) is 1.97. The van der Waals surface area contributed by atoms with Gasteiger partial charge in [-0.3, -0.25) is 0 Å². The van der Waals surface area contributed by atoms with Gasteiger partial charge in [0.2, 0.25) is 0 Å². The highest BCUT2D eigenvalue weighted by Crippen LogP contribution is 2.42. The molecule has 1 saturated carbocycles. The van der Waals surface area contributed by atoms with Gasteiger partial charge in [-0.25, -0.2) is 0 Å². The summed E-state index contributed by atoms with van der Waals surface area (Å²) in [6.07, 6.45) is 2.98. The molecule has 0 aliphatic heterocycles. The molecule has 2 unspecified atom stereocenters. The Labute approximate surface area is 74.8 Å². The Bertz CT molecular complexity index is 214. The highest BCUT2D eigenvalue weighted by atomic mass is 14.8. The van der Waals surface area contributed by atoms with Crippen LogP contribution in [0.5, 0.6) is 0 Å². The molecule has 1 fully saturated rings. The Balaban J connectivity index is 2.74. The Kier molecular flexibility index (Phi) is 2.18. The molecule has 0 amide bonds. The third kappa shape index (κ3) is 1.61. The van der Waals surface area contributed by atoms with Gasteiger partial charge >= 0.3 is 0 Å². The maximum Gasteiger partial charge on any atom is 0.106 e. The van der Waals surface area contributed by atoms with E-state index in [2.05, 4.69) is 26.8 Å². The quantitative estimate of drug-likeness (QED) is 0.598. The van der Waals surface area contributed by atoms with Crippen molar-refractivity contribution in [3.63, 3.8) is 0 Å². The smallest absolute Gasteiger partial charge is 0.106 e. The maximum atomic E-state index is 8.92. The van der Waals surface area contributed by atoms with Crippen LogP contribution >= 0.6 is 0 Å². The zero-order valence-corrected chi connectivity index (χ0v) is 8.22. The molecule has 0 saturated heterocycles. The number of hydrogen-bond donors (Lipinski definition) is 1. The van der Waals surface area contributed by atoms with E-state index < -0.39 is 5.54 Å². The van der Waals surface area contributed by atoms with E-state index in [1.165, 1.54) is 0 Å². The van der Waals surface area contributed by atoms with Gasteiger partial charge in [-0.05, 0) is 30.6 Å². The first kappa shape index (κ1) is 9.54. The number of rotatable bonds is 0. The topological polar surface area (TPSA) is 49.8 Å². The summed E-state index contributed by atoms with van der Waals surface area (Å²) in [7, 11) is 0. The van der Waals surface area contributed by atoms with Crippen molar-refractivity contribution in [1.29, 1.82) is 5.26 Å². The van der Waals surface area contributed by atoms with E-state index in [0.717, 1.165) is 19.3 Å². The summed E-state index contributed by atoms with van der Waals surface area (Å²) in [6.45, 7) is 6.59. The molecule has 0 spiro atoms. The Morgan fingerprint density at radius 1 is 1.42 bits per heavy atom. The van der Waals surface area contributed by atoms with Crippen molar-refractivity contribution in [2.75, 3.05) is 0 Å². The fourth-order valence-electron chi connectivity index (χ4n) is 2.07. The second kappa shape index (κ2) is 2.74. The summed E-state index contributed by atoms with van der Waals surface area (Å²) >= 11 is 0. The lowest BCUT2D eigenvalue weighted by molar-refractivity contribution is 0.135. The van der Waals surface area contributed by atoms with Crippen molar-refractivity contribution in [1.82, 2.24) is 0 Å². The molecule has 68 valence electrons. The summed E-state index contributed by atoms with van der Waals surface area (Å²) < 4.78 is 0. The van der Waals surface area contributed by atoms with Gasteiger partial charge in [0.25, 0.3) is 0 Å². The Morgan fingerprint density at radius 3 is 2.42 bits per heavy atom. The molecule has 1 rings (SSSR count). The van der Waals surface area contributed by atoms with Gasteiger partial charge in [-0.15, -0.1) is 0 Å². The molecule has 0 heterocycles. The van der Waals surface area contributed by atoms with Gasteiger partial charge in [0, 0.05) is 0 Å². The van der Waals surface area contributed by atoms with Gasteiger partial charge < -0.3 is 5.73 Å². The van der Waals surface area contributed by atoms with E-state index in [1.807, 2.05) is 0 Å². The van der Waals surface area contributed by atoms with Crippen molar-refractivity contribution in [3.05, 3.63) is 0 Å². The summed E-state index contributed by atoms with van der Waals surface area (Å²) in [5.41, 5.74) is 5.78. The Hall–Kier alpha value is -0.550. The molecule has 1 aliphatic carbocycles. The second-order valence-electron chi connectivity index (χ2n) is 4.92. The largest absolute Gasteiger partial charge is 0.313 e. The molecule has 0 aromatic carbocycles. The molecule has 2 nitrogen and oxygen atoms in total. The van der Waals surface area contributed by atoms with E-state index in [-0.39, 0.29) is 0 Å². The first-order chi connectivity index (χ1) is 5.40. The van der Waals surface area contributed by atoms with Crippen molar-refractivity contribution in [2.45, 2.75) is 45.6 Å². The van der Waals surface area contributed by atoms with E-state index in [4.69, 9.17) is 11.0 Å².